The average Bonchev–Trinajstić information content (AvgIpc) is 2.98. The van der Waals surface area contributed by atoms with Crippen LogP contribution in [0, 0.1) is 11.3 Å². The van der Waals surface area contributed by atoms with Crippen molar-refractivity contribution in [3.05, 3.63) is 23.9 Å². The van der Waals surface area contributed by atoms with Crippen LogP contribution in [0.15, 0.2) is 18.3 Å². The molecular formula is C21H31N5O3. The second-order valence-corrected chi connectivity index (χ2v) is 8.16. The minimum Gasteiger partial charge on any atom is -0.377 e. The molecule has 2 fully saturated rings. The lowest BCUT2D eigenvalue weighted by Gasteiger charge is -2.32. The molecule has 0 saturated carbocycles. The van der Waals surface area contributed by atoms with Gasteiger partial charge < -0.3 is 24.6 Å². The fourth-order valence-electron chi connectivity index (χ4n) is 3.87. The van der Waals surface area contributed by atoms with Crippen molar-refractivity contribution in [2.24, 2.45) is 0 Å². The summed E-state index contributed by atoms with van der Waals surface area (Å²) >= 11 is 0. The molecule has 2 aliphatic heterocycles. The number of rotatable bonds is 7. The van der Waals surface area contributed by atoms with E-state index >= 15 is 0 Å². The van der Waals surface area contributed by atoms with Gasteiger partial charge >= 0.3 is 0 Å². The van der Waals surface area contributed by atoms with Gasteiger partial charge in [0.25, 0.3) is 0 Å². The summed E-state index contributed by atoms with van der Waals surface area (Å²) in [4.78, 5) is 20.9. The third-order valence-corrected chi connectivity index (χ3v) is 5.44. The van der Waals surface area contributed by atoms with E-state index in [1.165, 1.54) is 0 Å². The number of hydrogen-bond donors (Lipinski definition) is 1. The second kappa shape index (κ2) is 10.0. The molecule has 3 heterocycles. The van der Waals surface area contributed by atoms with Crippen molar-refractivity contribution in [2.75, 3.05) is 58.8 Å². The Bertz CT molecular complexity index is 718. The predicted molar refractivity (Wildman–Crippen MR) is 109 cm³/mol. The summed E-state index contributed by atoms with van der Waals surface area (Å²) in [5.74, 6) is 0.909. The Morgan fingerprint density at radius 2 is 2.34 bits per heavy atom. The van der Waals surface area contributed by atoms with E-state index in [2.05, 4.69) is 21.3 Å². The number of hydrogen-bond acceptors (Lipinski definition) is 7. The summed E-state index contributed by atoms with van der Waals surface area (Å²) in [5.41, 5.74) is 0.121. The molecule has 158 valence electrons. The van der Waals surface area contributed by atoms with Gasteiger partial charge in [-0.25, -0.2) is 4.98 Å². The molecule has 8 heteroatoms. The van der Waals surface area contributed by atoms with E-state index in [4.69, 9.17) is 14.7 Å². The topological polar surface area (TPSA) is 90.7 Å². The van der Waals surface area contributed by atoms with Crippen LogP contribution in [0.1, 0.15) is 31.2 Å². The monoisotopic (exact) mass is 401 g/mol. The van der Waals surface area contributed by atoms with Gasteiger partial charge in [0.05, 0.1) is 31.4 Å². The number of carbonyl (C=O) groups is 1. The van der Waals surface area contributed by atoms with Gasteiger partial charge in [-0.15, -0.1) is 0 Å². The number of pyridine rings is 1. The van der Waals surface area contributed by atoms with Crippen LogP contribution in [0.25, 0.3) is 0 Å². The Morgan fingerprint density at radius 3 is 3.07 bits per heavy atom. The molecule has 0 radical (unpaired) electrons. The van der Waals surface area contributed by atoms with Crippen LogP contribution in [0.3, 0.4) is 0 Å². The molecule has 2 atom stereocenters. The highest BCUT2D eigenvalue weighted by Gasteiger charge is 2.43. The van der Waals surface area contributed by atoms with Crippen molar-refractivity contribution >= 4 is 11.7 Å². The van der Waals surface area contributed by atoms with E-state index in [9.17, 15) is 4.79 Å². The van der Waals surface area contributed by atoms with Crippen molar-refractivity contribution in [2.45, 2.75) is 37.4 Å². The van der Waals surface area contributed by atoms with Gasteiger partial charge in [-0.05, 0) is 52.0 Å². The minimum absolute atomic E-state index is 0.0415. The van der Waals surface area contributed by atoms with Crippen LogP contribution in [-0.2, 0) is 14.3 Å². The molecule has 0 unspecified atom stereocenters. The molecule has 29 heavy (non-hydrogen) atoms. The van der Waals surface area contributed by atoms with Crippen molar-refractivity contribution in [1.29, 1.82) is 5.26 Å². The van der Waals surface area contributed by atoms with E-state index in [1.54, 1.807) is 18.3 Å². The summed E-state index contributed by atoms with van der Waals surface area (Å²) in [6, 6.07) is 5.60. The standard InChI is InChI=1S/C21H31N5O3/c1-25(2)9-3-4-20(27)26-10-11-28-16-21(15-26)8-7-18(29-21)14-24-19-6-5-17(12-22)13-23-19/h5-6,13,18H,3-4,7-11,14-16H2,1-2H3,(H,23,24)/t18-,21-/m1/s1. The van der Waals surface area contributed by atoms with Crippen molar-refractivity contribution in [1.82, 2.24) is 14.8 Å². The van der Waals surface area contributed by atoms with Gasteiger partial charge in [-0.2, -0.15) is 5.26 Å². The van der Waals surface area contributed by atoms with Crippen LogP contribution >= 0.6 is 0 Å². The zero-order chi connectivity index (χ0) is 20.7. The lowest BCUT2D eigenvalue weighted by Crippen LogP contribution is -2.47. The van der Waals surface area contributed by atoms with E-state index in [0.717, 1.165) is 31.6 Å². The predicted octanol–water partition coefficient (Wildman–Crippen LogP) is 1.48. The van der Waals surface area contributed by atoms with Crippen molar-refractivity contribution in [3.63, 3.8) is 0 Å². The largest absolute Gasteiger partial charge is 0.377 e. The fraction of sp³-hybridized carbons (Fsp3) is 0.667. The Hall–Kier alpha value is -2.21. The Kier molecular flexibility index (Phi) is 7.42. The highest BCUT2D eigenvalue weighted by molar-refractivity contribution is 5.76. The maximum absolute atomic E-state index is 12.7. The lowest BCUT2D eigenvalue weighted by molar-refractivity contribution is -0.136. The molecular weight excluding hydrogens is 370 g/mol. The number of anilines is 1. The summed E-state index contributed by atoms with van der Waals surface area (Å²) in [6.07, 6.45) is 4.81. The van der Waals surface area contributed by atoms with Gasteiger partial charge in [0.1, 0.15) is 17.5 Å². The second-order valence-electron chi connectivity index (χ2n) is 8.16. The first-order chi connectivity index (χ1) is 14.0. The molecule has 0 aromatic carbocycles. The van der Waals surface area contributed by atoms with Crippen molar-refractivity contribution in [3.8, 4) is 6.07 Å². The fourth-order valence-corrected chi connectivity index (χ4v) is 3.87. The zero-order valence-electron chi connectivity index (χ0n) is 17.4. The Balaban J connectivity index is 1.51. The maximum Gasteiger partial charge on any atom is 0.222 e. The quantitative estimate of drug-likeness (QED) is 0.740. The number of nitrogens with one attached hydrogen (secondary N) is 1. The molecule has 1 amide bonds. The molecule has 8 nitrogen and oxygen atoms in total. The van der Waals surface area contributed by atoms with E-state index < -0.39 is 5.60 Å². The summed E-state index contributed by atoms with van der Waals surface area (Å²) in [5, 5.41) is 12.1. The van der Waals surface area contributed by atoms with Gasteiger partial charge in [0.2, 0.25) is 5.91 Å². The molecule has 1 spiro atoms. The highest BCUT2D eigenvalue weighted by atomic mass is 16.6. The summed E-state index contributed by atoms with van der Waals surface area (Å²) < 4.78 is 12.2. The number of ether oxygens (including phenoxy) is 2. The molecule has 1 aromatic heterocycles. The lowest BCUT2D eigenvalue weighted by atomic mass is 10.00. The van der Waals surface area contributed by atoms with Crippen molar-refractivity contribution < 1.29 is 14.3 Å². The van der Waals surface area contributed by atoms with Gasteiger partial charge in [-0.1, -0.05) is 0 Å². The smallest absolute Gasteiger partial charge is 0.222 e. The number of carbonyl (C=O) groups excluding carboxylic acids is 1. The number of nitrogens with zero attached hydrogens (tertiary/aromatic N) is 4. The van der Waals surface area contributed by atoms with Crippen LogP contribution in [0.2, 0.25) is 0 Å². The summed E-state index contributed by atoms with van der Waals surface area (Å²) in [6.45, 7) is 3.86. The highest BCUT2D eigenvalue weighted by Crippen LogP contribution is 2.33. The zero-order valence-corrected chi connectivity index (χ0v) is 17.4. The van der Waals surface area contributed by atoms with E-state index in [1.807, 2.05) is 19.0 Å². The van der Waals surface area contributed by atoms with Crippen LogP contribution in [0.5, 0.6) is 0 Å². The first-order valence-electron chi connectivity index (χ1n) is 10.3. The minimum atomic E-state index is -0.419. The molecule has 3 rings (SSSR count). The van der Waals surface area contributed by atoms with E-state index in [0.29, 0.717) is 44.8 Å². The van der Waals surface area contributed by atoms with Crippen LogP contribution in [-0.4, -0.2) is 85.9 Å². The van der Waals surface area contributed by atoms with Gasteiger partial charge in [-0.3, -0.25) is 4.79 Å². The normalized spacial score (nSPS) is 24.5. The Labute approximate surface area is 172 Å². The third kappa shape index (κ3) is 6.13. The number of aromatic nitrogens is 1. The molecule has 2 saturated heterocycles. The molecule has 1 N–H and O–H groups in total. The van der Waals surface area contributed by atoms with Gasteiger partial charge in [0, 0.05) is 25.7 Å². The number of nitriles is 1. The van der Waals surface area contributed by atoms with Gasteiger partial charge in [0.15, 0.2) is 0 Å². The first-order valence-corrected chi connectivity index (χ1v) is 10.3. The summed E-state index contributed by atoms with van der Waals surface area (Å²) in [7, 11) is 4.04. The first kappa shape index (κ1) is 21.5. The molecule has 1 aromatic rings. The Morgan fingerprint density at radius 1 is 1.48 bits per heavy atom. The number of amides is 1. The molecule has 0 bridgehead atoms. The molecule has 0 aliphatic carbocycles. The SMILES string of the molecule is CN(C)CCCC(=O)N1CCOC[C@@]2(CC[C@H](CNc3ccc(C#N)cn3)O2)C1. The average molecular weight is 402 g/mol. The maximum atomic E-state index is 12.7. The third-order valence-electron chi connectivity index (χ3n) is 5.44. The van der Waals surface area contributed by atoms with Crippen LogP contribution < -0.4 is 5.32 Å². The van der Waals surface area contributed by atoms with E-state index in [-0.39, 0.29) is 12.0 Å². The molecule has 2 aliphatic rings. The van der Waals surface area contributed by atoms with Crippen LogP contribution in [0.4, 0.5) is 5.82 Å².